The summed E-state index contributed by atoms with van der Waals surface area (Å²) in [5, 5.41) is 11.0. The molecule has 2 heterocycles. The van der Waals surface area contributed by atoms with Gasteiger partial charge in [0.15, 0.2) is 5.78 Å². The summed E-state index contributed by atoms with van der Waals surface area (Å²) in [5.74, 6) is 0.421. The van der Waals surface area contributed by atoms with Crippen LogP contribution in [0.2, 0.25) is 0 Å². The van der Waals surface area contributed by atoms with Gasteiger partial charge < -0.3 is 14.6 Å². The number of ketones is 1. The van der Waals surface area contributed by atoms with Crippen LogP contribution in [0, 0.1) is 5.92 Å². The van der Waals surface area contributed by atoms with Gasteiger partial charge in [-0.05, 0) is 12.3 Å². The largest absolute Gasteiger partial charge is 0.384 e. The number of hydrogen-bond acceptors (Lipinski definition) is 4. The summed E-state index contributed by atoms with van der Waals surface area (Å²) in [7, 11) is 0. The molecule has 4 rings (SSSR count). The van der Waals surface area contributed by atoms with Crippen molar-refractivity contribution < 1.29 is 19.4 Å². The molecule has 2 saturated heterocycles. The second-order valence-electron chi connectivity index (χ2n) is 5.97. The molecule has 2 aliphatic carbocycles. The first-order valence-electron chi connectivity index (χ1n) is 6.09. The summed E-state index contributed by atoms with van der Waals surface area (Å²) in [6, 6.07) is 0. The van der Waals surface area contributed by atoms with Gasteiger partial charge in [0, 0.05) is 12.8 Å². The fourth-order valence-electron chi connectivity index (χ4n) is 4.33. The minimum atomic E-state index is -0.933. The lowest BCUT2D eigenvalue weighted by Gasteiger charge is -2.39. The van der Waals surface area contributed by atoms with Crippen molar-refractivity contribution >= 4 is 5.78 Å². The first-order chi connectivity index (χ1) is 7.48. The Kier molecular flexibility index (Phi) is 1.34. The predicted molar refractivity (Wildman–Crippen MR) is 53.9 cm³/mol. The molecule has 2 saturated carbocycles. The van der Waals surface area contributed by atoms with Crippen molar-refractivity contribution in [3.05, 3.63) is 0 Å². The quantitative estimate of drug-likeness (QED) is 0.655. The van der Waals surface area contributed by atoms with Crippen LogP contribution in [-0.4, -0.2) is 39.9 Å². The third-order valence-electron chi connectivity index (χ3n) is 5.17. The molecule has 4 aliphatic rings. The summed E-state index contributed by atoms with van der Waals surface area (Å²) in [6.45, 7) is 4.15. The first-order valence-corrected chi connectivity index (χ1v) is 6.09. The highest BCUT2D eigenvalue weighted by Gasteiger charge is 2.91. The third-order valence-corrected chi connectivity index (χ3v) is 5.17. The van der Waals surface area contributed by atoms with E-state index in [4.69, 9.17) is 9.47 Å². The van der Waals surface area contributed by atoms with E-state index < -0.39 is 16.8 Å². The Labute approximate surface area is 93.9 Å². The summed E-state index contributed by atoms with van der Waals surface area (Å²) >= 11 is 0. The van der Waals surface area contributed by atoms with Crippen molar-refractivity contribution in [3.63, 3.8) is 0 Å². The van der Waals surface area contributed by atoms with Crippen molar-refractivity contribution in [2.24, 2.45) is 5.92 Å². The molecule has 4 heteroatoms. The normalized spacial score (nSPS) is 61.6. The molecule has 4 nitrogen and oxygen atoms in total. The average molecular weight is 224 g/mol. The third kappa shape index (κ3) is 0.667. The van der Waals surface area contributed by atoms with E-state index in [0.29, 0.717) is 19.3 Å². The fourth-order valence-corrected chi connectivity index (χ4v) is 4.33. The molecule has 5 unspecified atom stereocenters. The lowest BCUT2D eigenvalue weighted by molar-refractivity contribution is -0.135. The van der Waals surface area contributed by atoms with E-state index in [2.05, 4.69) is 13.8 Å². The van der Waals surface area contributed by atoms with Gasteiger partial charge in [0.1, 0.15) is 22.9 Å². The molecule has 0 amide bonds. The lowest BCUT2D eigenvalue weighted by Crippen LogP contribution is -2.59. The number of rotatable bonds is 1. The number of fused-ring (bicyclic) bond motifs is 2. The molecule has 0 bridgehead atoms. The van der Waals surface area contributed by atoms with E-state index in [1.165, 1.54) is 0 Å². The van der Waals surface area contributed by atoms with Gasteiger partial charge in [-0.15, -0.1) is 0 Å². The highest BCUT2D eigenvalue weighted by molar-refractivity contribution is 5.89. The van der Waals surface area contributed by atoms with E-state index in [1.807, 2.05) is 0 Å². The van der Waals surface area contributed by atoms with Crippen LogP contribution in [0.1, 0.15) is 33.1 Å². The molecule has 88 valence electrons. The summed E-state index contributed by atoms with van der Waals surface area (Å²) in [4.78, 5) is 11.6. The van der Waals surface area contributed by atoms with Gasteiger partial charge in [-0.1, -0.05) is 13.8 Å². The molecule has 0 aromatic heterocycles. The zero-order valence-electron chi connectivity index (χ0n) is 9.53. The molecule has 0 aromatic rings. The summed E-state index contributed by atoms with van der Waals surface area (Å²) < 4.78 is 11.4. The Morgan fingerprint density at radius 3 is 2.88 bits per heavy atom. The van der Waals surface area contributed by atoms with Crippen molar-refractivity contribution in [2.45, 2.75) is 62.1 Å². The maximum Gasteiger partial charge on any atom is 0.164 e. The highest BCUT2D eigenvalue weighted by Crippen LogP contribution is 2.73. The van der Waals surface area contributed by atoms with Crippen molar-refractivity contribution in [3.8, 4) is 0 Å². The number of hydrogen-bond donors (Lipinski definition) is 1. The first kappa shape index (κ1) is 9.57. The molecule has 1 N–H and O–H groups in total. The van der Waals surface area contributed by atoms with Gasteiger partial charge in [-0.2, -0.15) is 0 Å². The van der Waals surface area contributed by atoms with Gasteiger partial charge >= 0.3 is 0 Å². The van der Waals surface area contributed by atoms with Crippen molar-refractivity contribution in [1.82, 2.24) is 0 Å². The van der Waals surface area contributed by atoms with Crippen LogP contribution < -0.4 is 0 Å². The molecule has 5 atom stereocenters. The van der Waals surface area contributed by atoms with Crippen LogP contribution in [-0.2, 0) is 14.3 Å². The number of carbonyl (C=O) groups excluding carboxylic acids is 1. The Balaban J connectivity index is 1.82. The highest BCUT2D eigenvalue weighted by atomic mass is 16.7. The Hall–Kier alpha value is -0.450. The molecule has 0 aromatic carbocycles. The van der Waals surface area contributed by atoms with Gasteiger partial charge in [0.05, 0.1) is 6.10 Å². The second kappa shape index (κ2) is 2.24. The predicted octanol–water partition coefficient (Wildman–Crippen LogP) is 0.415. The molecule has 4 fully saturated rings. The Bertz CT molecular complexity index is 406. The number of carbonyl (C=O) groups is 1. The van der Waals surface area contributed by atoms with Crippen molar-refractivity contribution in [2.75, 3.05) is 0 Å². The van der Waals surface area contributed by atoms with E-state index in [1.54, 1.807) is 0 Å². The molecular weight excluding hydrogens is 208 g/mol. The zero-order chi connectivity index (χ0) is 11.3. The minimum Gasteiger partial charge on any atom is -0.384 e. The van der Waals surface area contributed by atoms with Gasteiger partial charge in [0.2, 0.25) is 0 Å². The van der Waals surface area contributed by atoms with E-state index in [-0.39, 0.29) is 23.9 Å². The molecule has 16 heavy (non-hydrogen) atoms. The van der Waals surface area contributed by atoms with Crippen LogP contribution >= 0.6 is 0 Å². The maximum atomic E-state index is 11.6. The Morgan fingerprint density at radius 2 is 2.19 bits per heavy atom. The second-order valence-corrected chi connectivity index (χ2v) is 5.97. The van der Waals surface area contributed by atoms with E-state index in [0.717, 1.165) is 0 Å². The molecule has 2 aliphatic heterocycles. The SMILES string of the molecule is CC(C)C12OC1CC13OC1C(=O)CCC32O. The van der Waals surface area contributed by atoms with Crippen molar-refractivity contribution in [1.29, 1.82) is 0 Å². The zero-order valence-corrected chi connectivity index (χ0v) is 9.53. The number of aliphatic hydroxyl groups is 1. The van der Waals surface area contributed by atoms with Crippen LogP contribution in [0.3, 0.4) is 0 Å². The monoisotopic (exact) mass is 224 g/mol. The number of Topliss-reactive ketones (excluding diaryl/α,β-unsaturated/α-hetero) is 1. The maximum absolute atomic E-state index is 11.6. The van der Waals surface area contributed by atoms with Gasteiger partial charge in [-0.25, -0.2) is 0 Å². The van der Waals surface area contributed by atoms with E-state index >= 15 is 0 Å². The topological polar surface area (TPSA) is 62.4 Å². The van der Waals surface area contributed by atoms with E-state index in [9.17, 15) is 9.90 Å². The Morgan fingerprint density at radius 1 is 1.44 bits per heavy atom. The average Bonchev–Trinajstić information content (AvgIpc) is 3.07. The molecule has 0 radical (unpaired) electrons. The smallest absolute Gasteiger partial charge is 0.164 e. The minimum absolute atomic E-state index is 0.0911. The van der Waals surface area contributed by atoms with Crippen LogP contribution in [0.4, 0.5) is 0 Å². The summed E-state index contributed by atoms with van der Waals surface area (Å²) in [5.41, 5.74) is -1.96. The van der Waals surface area contributed by atoms with Gasteiger partial charge in [-0.3, -0.25) is 4.79 Å². The van der Waals surface area contributed by atoms with Gasteiger partial charge in [0.25, 0.3) is 0 Å². The van der Waals surface area contributed by atoms with Crippen LogP contribution in [0.15, 0.2) is 0 Å². The standard InChI is InChI=1S/C12H16O4/c1-6(2)12-8(15-12)5-10-9(16-10)7(13)3-4-11(10,12)14/h6,8-9,14H,3-5H2,1-2H3. The van der Waals surface area contributed by atoms with Crippen LogP contribution in [0.5, 0.6) is 0 Å². The molecule has 1 spiro atoms. The van der Waals surface area contributed by atoms with Crippen LogP contribution in [0.25, 0.3) is 0 Å². The number of ether oxygens (including phenoxy) is 2. The molecular formula is C12H16O4. The summed E-state index contributed by atoms with van der Waals surface area (Å²) in [6.07, 6.45) is 1.36. The lowest BCUT2D eigenvalue weighted by atomic mass is 9.69. The fraction of sp³-hybridized carbons (Fsp3) is 0.917. The number of epoxide rings is 2.